The Labute approximate surface area is 256 Å². The summed E-state index contributed by atoms with van der Waals surface area (Å²) in [6.07, 6.45) is 1.87. The average molecular weight is 595 g/mol. The van der Waals surface area contributed by atoms with Crippen molar-refractivity contribution in [1.29, 1.82) is 0 Å². The van der Waals surface area contributed by atoms with E-state index in [0.29, 0.717) is 24.0 Å². The molecule has 0 saturated carbocycles. The van der Waals surface area contributed by atoms with Gasteiger partial charge in [-0.1, -0.05) is 75.3 Å². The van der Waals surface area contributed by atoms with E-state index in [1.165, 1.54) is 0 Å². The van der Waals surface area contributed by atoms with Crippen molar-refractivity contribution in [3.05, 3.63) is 51.0 Å². The van der Waals surface area contributed by atoms with Gasteiger partial charge >= 0.3 is 0 Å². The molecule has 0 radical (unpaired) electrons. The highest BCUT2D eigenvalue weighted by atomic mass is 16.3. The second kappa shape index (κ2) is 10.3. The van der Waals surface area contributed by atoms with Gasteiger partial charge in [-0.05, 0) is 72.5 Å². The number of hydrogen-bond donors (Lipinski definition) is 4. The van der Waals surface area contributed by atoms with Crippen LogP contribution in [0.25, 0.3) is 0 Å². The molecule has 7 nitrogen and oxygen atoms in total. The van der Waals surface area contributed by atoms with Gasteiger partial charge in [0.1, 0.15) is 22.8 Å². The highest BCUT2D eigenvalue weighted by Gasteiger charge is 2.71. The molecule has 2 unspecified atom stereocenters. The lowest BCUT2D eigenvalue weighted by atomic mass is 9.44. The fourth-order valence-electron chi connectivity index (χ4n) is 9.05. The highest BCUT2D eigenvalue weighted by Crippen LogP contribution is 2.65. The normalized spacial score (nSPS) is 30.0. The van der Waals surface area contributed by atoms with Crippen molar-refractivity contribution in [2.45, 2.75) is 113 Å². The van der Waals surface area contributed by atoms with Crippen molar-refractivity contribution in [2.75, 3.05) is 0 Å². The number of aliphatic hydroxyl groups excluding tert-OH is 2. The van der Waals surface area contributed by atoms with Gasteiger partial charge in [0, 0.05) is 22.3 Å². The standard InChI is InChI=1S/C36H50O7/c1-17(2)22-13-21(12-19(5)14-33(7,8)9)28(38)25-23(22)15-34(10)16-35(11)26(18(3)4)29(39)24(20(6)37)31(41)36(35,43)32(42)27(34)30(25)40/h13,17-19,26,38-39,42-43H,12,14-16H2,1-11H3/t19?,26?,34-,35-,36+/m1/s1. The van der Waals surface area contributed by atoms with E-state index in [2.05, 4.69) is 27.7 Å². The van der Waals surface area contributed by atoms with Crippen LogP contribution in [0.5, 0.6) is 5.75 Å². The number of allylic oxidation sites excluding steroid dienone is 2. The summed E-state index contributed by atoms with van der Waals surface area (Å²) in [5.74, 6) is -4.58. The summed E-state index contributed by atoms with van der Waals surface area (Å²) < 4.78 is 0. The monoisotopic (exact) mass is 594 g/mol. The Hall–Kier alpha value is -2.93. The van der Waals surface area contributed by atoms with E-state index in [9.17, 15) is 34.8 Å². The lowest BCUT2D eigenvalue weighted by Crippen LogP contribution is -2.67. The molecule has 4 N–H and O–H groups in total. The number of benzene rings is 1. The first-order valence-corrected chi connectivity index (χ1v) is 15.6. The van der Waals surface area contributed by atoms with E-state index in [-0.39, 0.29) is 52.2 Å². The number of fused-ring (bicyclic) bond motifs is 3. The van der Waals surface area contributed by atoms with E-state index in [4.69, 9.17) is 0 Å². The van der Waals surface area contributed by atoms with Crippen molar-refractivity contribution in [3.8, 4) is 5.75 Å². The lowest BCUT2D eigenvalue weighted by molar-refractivity contribution is -0.171. The number of Topliss-reactive ketones (excluding diaryl/α,β-unsaturated/α-hetero) is 3. The second-order valence-corrected chi connectivity index (χ2v) is 16.0. The van der Waals surface area contributed by atoms with Gasteiger partial charge in [-0.25, -0.2) is 0 Å². The molecule has 43 heavy (non-hydrogen) atoms. The van der Waals surface area contributed by atoms with Crippen LogP contribution in [-0.2, 0) is 22.4 Å². The van der Waals surface area contributed by atoms with Crippen molar-refractivity contribution < 1.29 is 34.8 Å². The molecule has 5 atom stereocenters. The summed E-state index contributed by atoms with van der Waals surface area (Å²) in [4.78, 5) is 41.0. The minimum atomic E-state index is -2.60. The fourth-order valence-corrected chi connectivity index (χ4v) is 9.05. The summed E-state index contributed by atoms with van der Waals surface area (Å²) in [6, 6.07) is 2.01. The van der Waals surface area contributed by atoms with Gasteiger partial charge in [0.25, 0.3) is 0 Å². The molecule has 0 bridgehead atoms. The predicted molar refractivity (Wildman–Crippen MR) is 166 cm³/mol. The van der Waals surface area contributed by atoms with Crippen LogP contribution in [0.1, 0.15) is 122 Å². The van der Waals surface area contributed by atoms with Crippen molar-refractivity contribution in [2.24, 2.45) is 34.0 Å². The highest BCUT2D eigenvalue weighted by molar-refractivity contribution is 6.25. The van der Waals surface area contributed by atoms with E-state index in [1.807, 2.05) is 40.7 Å². The molecule has 3 aliphatic carbocycles. The Kier molecular flexibility index (Phi) is 7.91. The second-order valence-electron chi connectivity index (χ2n) is 16.0. The predicted octanol–water partition coefficient (Wildman–Crippen LogP) is 7.08. The quantitative estimate of drug-likeness (QED) is 0.259. The van der Waals surface area contributed by atoms with Crippen LogP contribution >= 0.6 is 0 Å². The number of phenols is 1. The summed E-state index contributed by atoms with van der Waals surface area (Å²) in [6.45, 7) is 21.0. The first-order chi connectivity index (χ1) is 19.5. The summed E-state index contributed by atoms with van der Waals surface area (Å²) in [5.41, 5.74) is -3.17. The Balaban J connectivity index is 2.00. The van der Waals surface area contributed by atoms with Crippen LogP contribution in [0, 0.1) is 34.0 Å². The van der Waals surface area contributed by atoms with Gasteiger partial charge in [0.15, 0.2) is 17.2 Å². The van der Waals surface area contributed by atoms with E-state index in [1.54, 1.807) is 6.92 Å². The van der Waals surface area contributed by atoms with Crippen LogP contribution in [0.2, 0.25) is 0 Å². The zero-order chi connectivity index (χ0) is 32.8. The maximum Gasteiger partial charge on any atom is 0.209 e. The van der Waals surface area contributed by atoms with Crippen molar-refractivity contribution in [3.63, 3.8) is 0 Å². The molecule has 0 saturated heterocycles. The van der Waals surface area contributed by atoms with Crippen molar-refractivity contribution >= 4 is 17.3 Å². The van der Waals surface area contributed by atoms with Crippen LogP contribution in [-0.4, -0.2) is 43.4 Å². The number of ketones is 3. The maximum absolute atomic E-state index is 14.5. The molecule has 4 rings (SSSR count). The third-order valence-electron chi connectivity index (χ3n) is 10.3. The molecule has 236 valence electrons. The zero-order valence-corrected chi connectivity index (χ0v) is 27.7. The first kappa shape index (κ1) is 33.0. The largest absolute Gasteiger partial charge is 0.511 e. The van der Waals surface area contributed by atoms with Gasteiger partial charge in [0.05, 0.1) is 5.56 Å². The molecule has 0 fully saturated rings. The minimum Gasteiger partial charge on any atom is -0.511 e. The van der Waals surface area contributed by atoms with E-state index in [0.717, 1.165) is 18.9 Å². The first-order valence-electron chi connectivity index (χ1n) is 15.6. The molecule has 7 heteroatoms. The zero-order valence-electron chi connectivity index (χ0n) is 27.7. The Morgan fingerprint density at radius 3 is 2.12 bits per heavy atom. The van der Waals surface area contributed by atoms with Gasteiger partial charge < -0.3 is 20.4 Å². The minimum absolute atomic E-state index is 0.0439. The van der Waals surface area contributed by atoms with Crippen LogP contribution < -0.4 is 0 Å². The molecule has 1 aromatic rings. The third kappa shape index (κ3) is 4.77. The summed E-state index contributed by atoms with van der Waals surface area (Å²) >= 11 is 0. The Morgan fingerprint density at radius 1 is 1.05 bits per heavy atom. The third-order valence-corrected chi connectivity index (χ3v) is 10.3. The Morgan fingerprint density at radius 2 is 1.63 bits per heavy atom. The number of carbonyl (C=O) groups excluding carboxylic acids is 3. The number of carbonyl (C=O) groups is 3. The topological polar surface area (TPSA) is 132 Å². The average Bonchev–Trinajstić information content (AvgIpc) is 2.81. The molecular formula is C36H50O7. The van der Waals surface area contributed by atoms with Crippen LogP contribution in [0.3, 0.4) is 0 Å². The lowest BCUT2D eigenvalue weighted by Gasteiger charge is -2.59. The van der Waals surface area contributed by atoms with Gasteiger partial charge in [-0.15, -0.1) is 0 Å². The molecular weight excluding hydrogens is 544 g/mol. The van der Waals surface area contributed by atoms with Crippen molar-refractivity contribution in [1.82, 2.24) is 0 Å². The molecule has 3 aliphatic rings. The fraction of sp³-hybridized carbons (Fsp3) is 0.639. The maximum atomic E-state index is 14.5. The number of hydrogen-bond acceptors (Lipinski definition) is 7. The molecule has 1 aromatic carbocycles. The van der Waals surface area contributed by atoms with Gasteiger partial charge in [0.2, 0.25) is 5.78 Å². The molecule has 0 aliphatic heterocycles. The summed E-state index contributed by atoms with van der Waals surface area (Å²) in [7, 11) is 0. The number of aromatic hydroxyl groups is 1. The van der Waals surface area contributed by atoms with Crippen LogP contribution in [0.15, 0.2) is 28.7 Å². The molecule has 0 spiro atoms. The SMILES string of the molecule is CC(=O)C1=C(O)C(C(C)C)[C@@]2(C)C[C@@]3(C)Cc4c(C(C)C)cc(CC(C)CC(C)(C)C)c(O)c4C(=O)C3=C(O)[C@@]2(O)C1=O. The van der Waals surface area contributed by atoms with Gasteiger partial charge in [-0.2, -0.15) is 0 Å². The van der Waals surface area contributed by atoms with E-state index >= 15 is 0 Å². The number of aliphatic hydroxyl groups is 3. The van der Waals surface area contributed by atoms with Crippen LogP contribution in [0.4, 0.5) is 0 Å². The number of rotatable bonds is 6. The molecule has 0 aromatic heterocycles. The summed E-state index contributed by atoms with van der Waals surface area (Å²) in [5, 5.41) is 47.2. The molecule has 0 heterocycles. The number of phenolic OH excluding ortho intramolecular Hbond substituents is 1. The van der Waals surface area contributed by atoms with Gasteiger partial charge in [-0.3, -0.25) is 14.4 Å². The Bertz CT molecular complexity index is 1470. The smallest absolute Gasteiger partial charge is 0.209 e. The molecule has 0 amide bonds. The van der Waals surface area contributed by atoms with E-state index < -0.39 is 51.0 Å².